The third-order valence-corrected chi connectivity index (χ3v) is 6.56. The number of anilines is 3. The molecule has 0 spiro atoms. The van der Waals surface area contributed by atoms with Crippen molar-refractivity contribution in [1.82, 2.24) is 0 Å². The van der Waals surface area contributed by atoms with E-state index in [9.17, 15) is 4.79 Å². The Bertz CT molecular complexity index is 1130. The number of fused-ring (bicyclic) bond motifs is 2. The lowest BCUT2D eigenvalue weighted by Crippen LogP contribution is -2.24. The van der Waals surface area contributed by atoms with Crippen LogP contribution in [0.4, 0.5) is 17.1 Å². The van der Waals surface area contributed by atoms with Gasteiger partial charge in [-0.2, -0.15) is 0 Å². The van der Waals surface area contributed by atoms with Crippen molar-refractivity contribution in [1.29, 1.82) is 0 Å². The van der Waals surface area contributed by atoms with Crippen LogP contribution < -0.4 is 19.9 Å². The van der Waals surface area contributed by atoms with Crippen molar-refractivity contribution in [2.45, 2.75) is 18.0 Å². The lowest BCUT2D eigenvalue weighted by molar-refractivity contribution is 0.0996. The molecular weight excluding hydrogens is 442 g/mol. The Hall–Kier alpha value is -2.99. The number of amides is 1. The summed E-state index contributed by atoms with van der Waals surface area (Å²) >= 11 is 3.50. The molecule has 1 unspecified atom stereocenters. The molecule has 0 fully saturated rings. The van der Waals surface area contributed by atoms with Crippen molar-refractivity contribution in [3.63, 3.8) is 0 Å². The topological polar surface area (TPSA) is 44.8 Å². The molecule has 0 radical (unpaired) electrons. The summed E-state index contributed by atoms with van der Waals surface area (Å²) in [5.41, 5.74) is 7.28. The Labute approximate surface area is 184 Å². The van der Waals surface area contributed by atoms with Crippen LogP contribution in [-0.2, 0) is 11.9 Å². The molecule has 6 heteroatoms. The SMILES string of the molecule is COc1ccc(C2Nc3ccc(N4Cc5cc(CBr)ccc5C4=O)cc3N2C)cc1. The van der Waals surface area contributed by atoms with E-state index in [1.54, 1.807) is 7.11 Å². The Balaban J connectivity index is 1.42. The summed E-state index contributed by atoms with van der Waals surface area (Å²) in [5.74, 6) is 0.903. The van der Waals surface area contributed by atoms with E-state index >= 15 is 0 Å². The number of nitrogens with one attached hydrogen (secondary N) is 1. The number of halogens is 1. The first-order valence-corrected chi connectivity index (χ1v) is 11.0. The van der Waals surface area contributed by atoms with Crippen LogP contribution in [0.2, 0.25) is 0 Å². The molecule has 1 N–H and O–H groups in total. The minimum absolute atomic E-state index is 0.0362. The molecule has 0 aromatic heterocycles. The first kappa shape index (κ1) is 19.0. The van der Waals surface area contributed by atoms with E-state index in [2.05, 4.69) is 63.5 Å². The number of benzene rings is 3. The number of ether oxygens (including phenoxy) is 1. The third-order valence-electron chi connectivity index (χ3n) is 5.91. The highest BCUT2D eigenvalue weighted by Gasteiger charge is 2.32. The second-order valence-electron chi connectivity index (χ2n) is 7.65. The van der Waals surface area contributed by atoms with E-state index < -0.39 is 0 Å². The molecular formula is C24H22BrN3O2. The standard InChI is InChI=1S/C24H22BrN3O2/c1-27-22-12-18(28-14-17-11-15(13-25)3-9-20(17)24(28)29)6-10-21(22)26-23(27)16-4-7-19(30-2)8-5-16/h3-12,23,26H,13-14H2,1-2H3. The summed E-state index contributed by atoms with van der Waals surface area (Å²) in [6.07, 6.45) is 0.0362. The fourth-order valence-corrected chi connectivity index (χ4v) is 4.59. The van der Waals surface area contributed by atoms with Crippen LogP contribution in [0.25, 0.3) is 0 Å². The number of hydrogen-bond acceptors (Lipinski definition) is 4. The molecule has 2 aliphatic heterocycles. The van der Waals surface area contributed by atoms with E-state index in [-0.39, 0.29) is 12.1 Å². The molecule has 3 aromatic rings. The lowest BCUT2D eigenvalue weighted by atomic mass is 10.1. The molecule has 3 aromatic carbocycles. The van der Waals surface area contributed by atoms with Crippen LogP contribution in [0.1, 0.15) is 33.2 Å². The highest BCUT2D eigenvalue weighted by atomic mass is 79.9. The van der Waals surface area contributed by atoms with Gasteiger partial charge in [-0.25, -0.2) is 0 Å². The number of nitrogens with zero attached hydrogens (tertiary/aromatic N) is 2. The van der Waals surface area contributed by atoms with Crippen molar-refractivity contribution in [2.75, 3.05) is 29.3 Å². The Morgan fingerprint density at radius 3 is 2.63 bits per heavy atom. The zero-order valence-corrected chi connectivity index (χ0v) is 18.4. The predicted molar refractivity (Wildman–Crippen MR) is 124 cm³/mol. The number of hydrogen-bond donors (Lipinski definition) is 1. The average molecular weight is 464 g/mol. The summed E-state index contributed by atoms with van der Waals surface area (Å²) in [6.45, 7) is 0.604. The maximum absolute atomic E-state index is 13.0. The molecule has 2 heterocycles. The second kappa shape index (κ2) is 7.36. The van der Waals surface area contributed by atoms with E-state index in [0.717, 1.165) is 44.8 Å². The molecule has 30 heavy (non-hydrogen) atoms. The van der Waals surface area contributed by atoms with Gasteiger partial charge in [0.05, 0.1) is 25.0 Å². The summed E-state index contributed by atoms with van der Waals surface area (Å²) in [7, 11) is 3.74. The first-order chi connectivity index (χ1) is 14.6. The van der Waals surface area contributed by atoms with Gasteiger partial charge in [-0.05, 0) is 53.1 Å². The fraction of sp³-hybridized carbons (Fsp3) is 0.208. The van der Waals surface area contributed by atoms with Crippen LogP contribution in [-0.4, -0.2) is 20.1 Å². The quantitative estimate of drug-likeness (QED) is 0.532. The maximum Gasteiger partial charge on any atom is 0.258 e. The molecule has 0 saturated heterocycles. The molecule has 152 valence electrons. The Morgan fingerprint density at radius 1 is 1.10 bits per heavy atom. The van der Waals surface area contributed by atoms with Crippen molar-refractivity contribution < 1.29 is 9.53 Å². The van der Waals surface area contributed by atoms with Crippen LogP contribution >= 0.6 is 15.9 Å². The largest absolute Gasteiger partial charge is 0.497 e. The van der Waals surface area contributed by atoms with Crippen LogP contribution in [0, 0.1) is 0 Å². The normalized spacial score (nSPS) is 17.0. The maximum atomic E-state index is 13.0. The Kier molecular flexibility index (Phi) is 4.66. The minimum Gasteiger partial charge on any atom is -0.497 e. The monoisotopic (exact) mass is 463 g/mol. The van der Waals surface area contributed by atoms with E-state index in [1.807, 2.05) is 35.2 Å². The summed E-state index contributed by atoms with van der Waals surface area (Å²) < 4.78 is 5.27. The fourth-order valence-electron chi connectivity index (χ4n) is 4.24. The minimum atomic E-state index is 0.0362. The highest BCUT2D eigenvalue weighted by molar-refractivity contribution is 9.08. The van der Waals surface area contributed by atoms with Gasteiger partial charge in [0.2, 0.25) is 0 Å². The number of methoxy groups -OCH3 is 1. The molecule has 1 atom stereocenters. The van der Waals surface area contributed by atoms with E-state index in [4.69, 9.17) is 4.74 Å². The van der Waals surface area contributed by atoms with Crippen LogP contribution in [0.5, 0.6) is 5.75 Å². The zero-order valence-electron chi connectivity index (χ0n) is 16.9. The van der Waals surface area contributed by atoms with Crippen molar-refractivity contribution in [3.8, 4) is 5.75 Å². The van der Waals surface area contributed by atoms with Crippen LogP contribution in [0.3, 0.4) is 0 Å². The highest BCUT2D eigenvalue weighted by Crippen LogP contribution is 2.43. The lowest BCUT2D eigenvalue weighted by Gasteiger charge is -2.23. The second-order valence-corrected chi connectivity index (χ2v) is 8.21. The van der Waals surface area contributed by atoms with Crippen molar-refractivity contribution in [3.05, 3.63) is 82.9 Å². The molecule has 1 amide bonds. The average Bonchev–Trinajstić information content (AvgIpc) is 3.30. The number of carbonyl (C=O) groups is 1. The van der Waals surface area contributed by atoms with Crippen molar-refractivity contribution in [2.24, 2.45) is 0 Å². The van der Waals surface area contributed by atoms with Gasteiger partial charge < -0.3 is 19.9 Å². The molecule has 0 bridgehead atoms. The number of alkyl halides is 1. The van der Waals surface area contributed by atoms with Gasteiger partial charge >= 0.3 is 0 Å². The molecule has 5 rings (SSSR count). The van der Waals surface area contributed by atoms with E-state index in [1.165, 1.54) is 5.56 Å². The Morgan fingerprint density at radius 2 is 1.90 bits per heavy atom. The van der Waals surface area contributed by atoms with Gasteiger partial charge in [0, 0.05) is 23.6 Å². The third kappa shape index (κ3) is 3.03. The van der Waals surface area contributed by atoms with Crippen LogP contribution in [0.15, 0.2) is 60.7 Å². The summed E-state index contributed by atoms with van der Waals surface area (Å²) in [5, 5.41) is 4.36. The van der Waals surface area contributed by atoms with Gasteiger partial charge in [0.25, 0.3) is 5.91 Å². The molecule has 5 nitrogen and oxygen atoms in total. The van der Waals surface area contributed by atoms with Gasteiger partial charge in [0.15, 0.2) is 0 Å². The zero-order chi connectivity index (χ0) is 20.8. The molecule has 0 saturated carbocycles. The molecule has 0 aliphatic carbocycles. The van der Waals surface area contributed by atoms with E-state index in [0.29, 0.717) is 6.54 Å². The van der Waals surface area contributed by atoms with Gasteiger partial charge in [-0.3, -0.25) is 4.79 Å². The van der Waals surface area contributed by atoms with Crippen molar-refractivity contribution >= 4 is 38.9 Å². The number of rotatable bonds is 4. The van der Waals surface area contributed by atoms with Gasteiger partial charge in [0.1, 0.15) is 11.9 Å². The predicted octanol–water partition coefficient (Wildman–Crippen LogP) is 5.31. The summed E-state index contributed by atoms with van der Waals surface area (Å²) in [6, 6.07) is 20.3. The molecule has 2 aliphatic rings. The summed E-state index contributed by atoms with van der Waals surface area (Å²) in [4.78, 5) is 17.1. The smallest absolute Gasteiger partial charge is 0.258 e. The first-order valence-electron chi connectivity index (χ1n) is 9.86. The van der Waals surface area contributed by atoms with Gasteiger partial charge in [-0.1, -0.05) is 40.2 Å². The number of carbonyl (C=O) groups excluding carboxylic acids is 1. The van der Waals surface area contributed by atoms with Gasteiger partial charge in [-0.15, -0.1) is 0 Å².